The lowest BCUT2D eigenvalue weighted by molar-refractivity contribution is -0.118. The van der Waals surface area contributed by atoms with Gasteiger partial charge in [-0.2, -0.15) is 15.5 Å². The fraction of sp³-hybridized carbons (Fsp3) is 0.750. The summed E-state index contributed by atoms with van der Waals surface area (Å²) >= 11 is 0. The van der Waals surface area contributed by atoms with Crippen LogP contribution < -0.4 is 10.9 Å². The smallest absolute Gasteiger partial charge is 0.280 e. The van der Waals surface area contributed by atoms with E-state index in [1.807, 2.05) is 64.7 Å². The molecule has 3 rings (SSSR count). The number of H-pyrrole nitrogens is 1. The van der Waals surface area contributed by atoms with E-state index in [-0.39, 0.29) is 85.8 Å². The number of imidazole rings is 1. The Morgan fingerprint density at radius 1 is 0.980 bits per heavy atom. The number of amides is 1. The van der Waals surface area contributed by atoms with Crippen LogP contribution in [0, 0.1) is 28.6 Å². The number of aromatic amines is 1. The van der Waals surface area contributed by atoms with Crippen molar-refractivity contribution in [3.05, 3.63) is 16.7 Å². The molecule has 0 spiro atoms. The maximum atomic E-state index is 16.9. The lowest BCUT2D eigenvalue weighted by Gasteiger charge is -2.37. The molecule has 19 heteroatoms. The molecular weight excluding hydrogens is 703 g/mol. The van der Waals surface area contributed by atoms with Gasteiger partial charge >= 0.3 is 0 Å². The molecule has 284 valence electrons. The largest absolute Gasteiger partial charge is 0.346 e. The number of hydrogen-bond acceptors (Lipinski definition) is 13. The van der Waals surface area contributed by atoms with Crippen molar-refractivity contribution in [1.29, 1.82) is 10.5 Å². The van der Waals surface area contributed by atoms with Gasteiger partial charge in [0.1, 0.15) is 12.2 Å². The monoisotopic (exact) mass is 755 g/mol. The molecule has 3 heterocycles. The zero-order valence-corrected chi connectivity index (χ0v) is 32.9. The highest BCUT2D eigenvalue weighted by molar-refractivity contribution is 7.44. The lowest BCUT2D eigenvalue weighted by atomic mass is 10.1. The number of nitriles is 2. The van der Waals surface area contributed by atoms with Gasteiger partial charge in [-0.3, -0.25) is 24.5 Å². The Morgan fingerprint density at radius 3 is 2.06 bits per heavy atom. The van der Waals surface area contributed by atoms with E-state index in [9.17, 15) is 14.9 Å². The summed E-state index contributed by atoms with van der Waals surface area (Å²) in [4.78, 5) is 36.7. The average molecular weight is 756 g/mol. The Hall–Kier alpha value is -2.69. The van der Waals surface area contributed by atoms with Gasteiger partial charge in [0.05, 0.1) is 51.1 Å². The van der Waals surface area contributed by atoms with Crippen molar-refractivity contribution >= 4 is 40.1 Å². The molecule has 2 aromatic rings. The number of hydrogen-bond donors (Lipinski definition) is 2. The van der Waals surface area contributed by atoms with Gasteiger partial charge in [0.2, 0.25) is 11.9 Å². The third kappa shape index (κ3) is 11.2. The molecule has 1 aliphatic rings. The number of fused-ring (bicyclic) bond motifs is 1. The first-order valence-corrected chi connectivity index (χ1v) is 19.4. The molecule has 51 heavy (non-hydrogen) atoms. The minimum Gasteiger partial charge on any atom is -0.346 e. The molecule has 0 radical (unpaired) electrons. The van der Waals surface area contributed by atoms with Crippen LogP contribution >= 0.6 is 17.1 Å². The van der Waals surface area contributed by atoms with Crippen molar-refractivity contribution in [1.82, 2.24) is 28.9 Å². The summed E-state index contributed by atoms with van der Waals surface area (Å²) in [7, 11) is -3.64. The third-order valence-corrected chi connectivity index (χ3v) is 11.8. The number of ether oxygens (including phenoxy) is 1. The van der Waals surface area contributed by atoms with Crippen molar-refractivity contribution in [2.24, 2.45) is 5.92 Å². The second-order valence-electron chi connectivity index (χ2n) is 13.4. The number of carbonyl (C=O) groups is 1. The number of alkyl halides is 1. The number of nitrogens with one attached hydrogen (secondary N) is 2. The highest BCUT2D eigenvalue weighted by atomic mass is 31.2. The number of halogens is 1. The Morgan fingerprint density at radius 2 is 1.53 bits per heavy atom. The highest BCUT2D eigenvalue weighted by Gasteiger charge is 2.50. The first-order chi connectivity index (χ1) is 24.1. The summed E-state index contributed by atoms with van der Waals surface area (Å²) in [6.45, 7) is 19.2. The van der Waals surface area contributed by atoms with Crippen LogP contribution in [-0.4, -0.2) is 97.1 Å². The molecule has 1 aliphatic heterocycles. The van der Waals surface area contributed by atoms with Crippen LogP contribution in [0.25, 0.3) is 11.2 Å². The van der Waals surface area contributed by atoms with Gasteiger partial charge in [-0.15, -0.1) is 0 Å². The summed E-state index contributed by atoms with van der Waals surface area (Å²) in [5.74, 6) is -0.854. The second-order valence-corrected chi connectivity index (χ2v) is 16.2. The summed E-state index contributed by atoms with van der Waals surface area (Å²) in [5.41, 5.74) is -0.620. The zero-order valence-electron chi connectivity index (χ0n) is 31.1. The number of nitrogens with zero attached hydrogens (tertiary/aromatic N) is 7. The normalized spacial score (nSPS) is 20.7. The third-order valence-electron chi connectivity index (χ3n) is 7.62. The Bertz CT molecular complexity index is 1550. The van der Waals surface area contributed by atoms with Gasteiger partial charge in [-0.05, 0) is 55.4 Å². The van der Waals surface area contributed by atoms with Crippen molar-refractivity contribution in [2.45, 2.75) is 131 Å². The molecule has 0 aromatic carbocycles. The molecule has 2 N–H and O–H groups in total. The van der Waals surface area contributed by atoms with Gasteiger partial charge < -0.3 is 22.8 Å². The van der Waals surface area contributed by atoms with Gasteiger partial charge in [-0.25, -0.2) is 18.7 Å². The van der Waals surface area contributed by atoms with E-state index in [1.165, 1.54) is 10.9 Å². The SMILES string of the molecule is CC(C)C(=O)Nc1nc2c(ncn2[C@@H]2O[C@H](COP(OCCC#N)N(C(C)C)C(C)C)[C@@H](F)[C@H]2OP(OCCC#N)N(C(C)C)C(C)C)c(=O)[nH]1. The zero-order chi connectivity index (χ0) is 38.0. The minimum absolute atomic E-state index is 0.0201. The number of anilines is 1. The topological polar surface area (TPSA) is 193 Å². The molecule has 0 saturated carbocycles. The van der Waals surface area contributed by atoms with Crippen molar-refractivity contribution in [3.63, 3.8) is 0 Å². The average Bonchev–Trinajstić information content (AvgIpc) is 3.59. The van der Waals surface area contributed by atoms with E-state index in [0.717, 1.165) is 0 Å². The van der Waals surface area contributed by atoms with Gasteiger partial charge in [0, 0.05) is 30.1 Å². The molecule has 1 saturated heterocycles. The maximum Gasteiger partial charge on any atom is 0.280 e. The molecule has 0 bridgehead atoms. The quantitative estimate of drug-likeness (QED) is 0.120. The van der Waals surface area contributed by atoms with E-state index >= 15 is 4.39 Å². The molecule has 0 aliphatic carbocycles. The summed E-state index contributed by atoms with van der Waals surface area (Å²) in [5, 5.41) is 20.9. The van der Waals surface area contributed by atoms with Crippen LogP contribution in [0.4, 0.5) is 10.3 Å². The maximum absolute atomic E-state index is 16.9. The van der Waals surface area contributed by atoms with Gasteiger partial charge in [0.25, 0.3) is 22.6 Å². The van der Waals surface area contributed by atoms with Gasteiger partial charge in [0.15, 0.2) is 23.6 Å². The first kappa shape index (κ1) is 42.7. The summed E-state index contributed by atoms with van der Waals surface area (Å²) in [6.07, 6.45) is -3.88. The summed E-state index contributed by atoms with van der Waals surface area (Å²) < 4.78 is 53.6. The van der Waals surface area contributed by atoms with Crippen LogP contribution in [0.3, 0.4) is 0 Å². The second kappa shape index (κ2) is 20.0. The van der Waals surface area contributed by atoms with Gasteiger partial charge in [-0.1, -0.05) is 13.8 Å². The van der Waals surface area contributed by atoms with Crippen LogP contribution in [0.15, 0.2) is 11.1 Å². The Kier molecular flexibility index (Phi) is 16.7. The highest BCUT2D eigenvalue weighted by Crippen LogP contribution is 2.52. The van der Waals surface area contributed by atoms with Crippen molar-refractivity contribution in [3.8, 4) is 12.1 Å². The van der Waals surface area contributed by atoms with Crippen LogP contribution in [-0.2, 0) is 27.6 Å². The summed E-state index contributed by atoms with van der Waals surface area (Å²) in [6, 6.07) is 4.04. The Labute approximate surface area is 301 Å². The van der Waals surface area contributed by atoms with E-state index in [0.29, 0.717) is 0 Å². The molecular formula is C32H52FN9O7P2. The lowest BCUT2D eigenvalue weighted by Crippen LogP contribution is -2.38. The predicted octanol–water partition coefficient (Wildman–Crippen LogP) is 5.90. The molecule has 6 atom stereocenters. The molecule has 2 aromatic heterocycles. The molecule has 2 unspecified atom stereocenters. The van der Waals surface area contributed by atoms with E-state index in [4.69, 9.17) is 28.1 Å². The molecule has 1 fully saturated rings. The van der Waals surface area contributed by atoms with Crippen LogP contribution in [0.1, 0.15) is 88.3 Å². The fourth-order valence-corrected chi connectivity index (χ4v) is 8.80. The van der Waals surface area contributed by atoms with Crippen molar-refractivity contribution in [2.75, 3.05) is 25.1 Å². The predicted molar refractivity (Wildman–Crippen MR) is 192 cm³/mol. The Balaban J connectivity index is 2.08. The van der Waals surface area contributed by atoms with Crippen molar-refractivity contribution < 1.29 is 32.0 Å². The van der Waals surface area contributed by atoms with E-state index in [2.05, 4.69) is 32.4 Å². The molecule has 1 amide bonds. The number of carbonyl (C=O) groups excluding carboxylic acids is 1. The van der Waals surface area contributed by atoms with E-state index < -0.39 is 47.2 Å². The number of rotatable bonds is 20. The first-order valence-electron chi connectivity index (χ1n) is 17.2. The van der Waals surface area contributed by atoms with E-state index in [1.54, 1.807) is 13.8 Å². The number of aromatic nitrogens is 4. The standard InChI is InChI=1S/C32H52FN9O7P2/c1-19(2)29(43)38-32-37-28-26(30(44)39-32)36-18-40(28)31-27(49-51(46-16-12-14-35)42(22(7)8)23(9)10)25(33)24(48-31)17-47-50(45-15-11-13-34)41(20(3)4)21(5)6/h18-25,27,31H,11-12,15-17H2,1-10H3,(H2,37,38,39,43,44)/t24-,25-,27-,31-,50?,51?/m1/s1. The van der Waals surface area contributed by atoms with Crippen LogP contribution in [0.5, 0.6) is 0 Å². The minimum atomic E-state index is -1.92. The van der Waals surface area contributed by atoms with Crippen LogP contribution in [0.2, 0.25) is 0 Å². The fourth-order valence-electron chi connectivity index (χ4n) is 5.45. The molecule has 16 nitrogen and oxygen atoms in total.